The molecule has 0 aliphatic heterocycles. The van der Waals surface area contributed by atoms with Crippen LogP contribution in [0.5, 0.6) is 5.75 Å². The largest absolute Gasteiger partial charge is 0.496 e. The Morgan fingerprint density at radius 1 is 1.50 bits per heavy atom. The highest BCUT2D eigenvalue weighted by Crippen LogP contribution is 2.19. The van der Waals surface area contributed by atoms with E-state index in [-0.39, 0.29) is 12.0 Å². The normalized spacial score (nSPS) is 12.0. The van der Waals surface area contributed by atoms with E-state index in [9.17, 15) is 4.79 Å². The molecule has 1 amide bonds. The van der Waals surface area contributed by atoms with Crippen LogP contribution >= 0.6 is 0 Å². The zero-order valence-electron chi connectivity index (χ0n) is 11.2. The Morgan fingerprint density at radius 2 is 2.22 bits per heavy atom. The van der Waals surface area contributed by atoms with Crippen molar-refractivity contribution in [2.45, 2.75) is 32.8 Å². The lowest BCUT2D eigenvalue weighted by Gasteiger charge is -2.10. The number of benzene rings is 1. The molecule has 18 heavy (non-hydrogen) atoms. The van der Waals surface area contributed by atoms with E-state index in [4.69, 9.17) is 9.84 Å². The molecule has 100 valence electrons. The van der Waals surface area contributed by atoms with Crippen molar-refractivity contribution in [2.75, 3.05) is 13.7 Å². The van der Waals surface area contributed by atoms with Gasteiger partial charge in [-0.15, -0.1) is 0 Å². The van der Waals surface area contributed by atoms with E-state index in [0.717, 1.165) is 12.0 Å². The minimum atomic E-state index is -0.324. The van der Waals surface area contributed by atoms with Gasteiger partial charge in [-0.25, -0.2) is 0 Å². The van der Waals surface area contributed by atoms with Gasteiger partial charge in [0.1, 0.15) is 5.75 Å². The van der Waals surface area contributed by atoms with Crippen molar-refractivity contribution in [1.29, 1.82) is 0 Å². The molecule has 0 bridgehead atoms. The van der Waals surface area contributed by atoms with E-state index in [0.29, 0.717) is 24.3 Å². The van der Waals surface area contributed by atoms with Gasteiger partial charge >= 0.3 is 0 Å². The van der Waals surface area contributed by atoms with Gasteiger partial charge in [-0.3, -0.25) is 4.79 Å². The van der Waals surface area contributed by atoms with Crippen molar-refractivity contribution in [3.8, 4) is 5.75 Å². The van der Waals surface area contributed by atoms with Gasteiger partial charge in [0.05, 0.1) is 18.8 Å². The van der Waals surface area contributed by atoms with Crippen molar-refractivity contribution >= 4 is 5.91 Å². The second-order valence-corrected chi connectivity index (χ2v) is 4.45. The van der Waals surface area contributed by atoms with Crippen LogP contribution in [0, 0.1) is 6.92 Å². The molecule has 1 aromatic rings. The number of aliphatic hydroxyl groups is 1. The molecule has 0 saturated carbocycles. The highest BCUT2D eigenvalue weighted by Gasteiger charge is 2.11. The molecule has 0 heterocycles. The molecule has 2 N–H and O–H groups in total. The van der Waals surface area contributed by atoms with Crippen LogP contribution in [0.4, 0.5) is 0 Å². The second kappa shape index (κ2) is 7.01. The van der Waals surface area contributed by atoms with Crippen LogP contribution < -0.4 is 10.1 Å². The summed E-state index contributed by atoms with van der Waals surface area (Å²) in [4.78, 5) is 12.0. The fourth-order valence-electron chi connectivity index (χ4n) is 1.69. The molecular weight excluding hydrogens is 230 g/mol. The van der Waals surface area contributed by atoms with Crippen molar-refractivity contribution in [1.82, 2.24) is 5.32 Å². The first-order valence-electron chi connectivity index (χ1n) is 6.15. The Hall–Kier alpha value is -1.55. The predicted molar refractivity (Wildman–Crippen MR) is 71.0 cm³/mol. The SMILES string of the molecule is COc1ccc(C)cc1C(=O)NCCCC(C)O. The molecule has 0 fully saturated rings. The number of hydrogen-bond acceptors (Lipinski definition) is 3. The van der Waals surface area contributed by atoms with Gasteiger partial charge in [0.2, 0.25) is 0 Å². The maximum Gasteiger partial charge on any atom is 0.255 e. The molecule has 1 atom stereocenters. The van der Waals surface area contributed by atoms with Crippen LogP contribution in [0.15, 0.2) is 18.2 Å². The van der Waals surface area contributed by atoms with Crippen LogP contribution in [0.1, 0.15) is 35.7 Å². The number of aryl methyl sites for hydroxylation is 1. The summed E-state index contributed by atoms with van der Waals surface area (Å²) in [6.45, 7) is 4.23. The molecular formula is C14H21NO3. The molecule has 0 saturated heterocycles. The summed E-state index contributed by atoms with van der Waals surface area (Å²) in [6, 6.07) is 5.51. The van der Waals surface area contributed by atoms with E-state index in [1.165, 1.54) is 0 Å². The summed E-state index contributed by atoms with van der Waals surface area (Å²) in [7, 11) is 1.55. The summed E-state index contributed by atoms with van der Waals surface area (Å²) >= 11 is 0. The monoisotopic (exact) mass is 251 g/mol. The lowest BCUT2D eigenvalue weighted by Crippen LogP contribution is -2.25. The Labute approximate surface area is 108 Å². The number of nitrogens with one attached hydrogen (secondary N) is 1. The standard InChI is InChI=1S/C14H21NO3/c1-10-6-7-13(18-3)12(9-10)14(17)15-8-4-5-11(2)16/h6-7,9,11,16H,4-5,8H2,1-3H3,(H,15,17). The van der Waals surface area contributed by atoms with E-state index in [2.05, 4.69) is 5.32 Å². The quantitative estimate of drug-likeness (QED) is 0.759. The minimum absolute atomic E-state index is 0.138. The number of aliphatic hydroxyl groups excluding tert-OH is 1. The van der Waals surface area contributed by atoms with Gasteiger partial charge in [-0.05, 0) is 38.8 Å². The van der Waals surface area contributed by atoms with Crippen molar-refractivity contribution in [2.24, 2.45) is 0 Å². The highest BCUT2D eigenvalue weighted by molar-refractivity contribution is 5.97. The molecule has 0 aromatic heterocycles. The maximum atomic E-state index is 12.0. The molecule has 1 unspecified atom stereocenters. The van der Waals surface area contributed by atoms with Crippen molar-refractivity contribution in [3.05, 3.63) is 29.3 Å². The zero-order valence-corrected chi connectivity index (χ0v) is 11.2. The van der Waals surface area contributed by atoms with Crippen molar-refractivity contribution in [3.63, 3.8) is 0 Å². The van der Waals surface area contributed by atoms with Gasteiger partial charge in [-0.1, -0.05) is 11.6 Å². The molecule has 1 aromatic carbocycles. The van der Waals surface area contributed by atoms with Crippen LogP contribution in [-0.2, 0) is 0 Å². The Balaban J connectivity index is 2.58. The molecule has 0 radical (unpaired) electrons. The first kappa shape index (κ1) is 14.5. The smallest absolute Gasteiger partial charge is 0.255 e. The van der Waals surface area contributed by atoms with Gasteiger partial charge < -0.3 is 15.2 Å². The first-order chi connectivity index (χ1) is 8.54. The van der Waals surface area contributed by atoms with E-state index >= 15 is 0 Å². The zero-order chi connectivity index (χ0) is 13.5. The third-order valence-corrected chi connectivity index (χ3v) is 2.68. The summed E-state index contributed by atoms with van der Waals surface area (Å²) in [5.74, 6) is 0.440. The van der Waals surface area contributed by atoms with Crippen molar-refractivity contribution < 1.29 is 14.6 Å². The van der Waals surface area contributed by atoms with Gasteiger partial charge in [0.25, 0.3) is 5.91 Å². The van der Waals surface area contributed by atoms with Crippen LogP contribution in [0.2, 0.25) is 0 Å². The lowest BCUT2D eigenvalue weighted by atomic mass is 10.1. The Morgan fingerprint density at radius 3 is 2.83 bits per heavy atom. The average Bonchev–Trinajstić information content (AvgIpc) is 2.34. The van der Waals surface area contributed by atoms with E-state index in [1.807, 2.05) is 19.1 Å². The molecule has 1 rings (SSSR count). The Bertz CT molecular complexity index is 402. The average molecular weight is 251 g/mol. The fourth-order valence-corrected chi connectivity index (χ4v) is 1.69. The lowest BCUT2D eigenvalue weighted by molar-refractivity contribution is 0.0946. The predicted octanol–water partition coefficient (Wildman–Crippen LogP) is 1.89. The van der Waals surface area contributed by atoms with Gasteiger partial charge in [0, 0.05) is 6.54 Å². The molecule has 0 spiro atoms. The molecule has 4 nitrogen and oxygen atoms in total. The second-order valence-electron chi connectivity index (χ2n) is 4.45. The number of carbonyl (C=O) groups excluding carboxylic acids is 1. The summed E-state index contributed by atoms with van der Waals surface area (Å²) in [5.41, 5.74) is 1.57. The fraction of sp³-hybridized carbons (Fsp3) is 0.500. The van der Waals surface area contributed by atoms with Crippen LogP contribution in [-0.4, -0.2) is 30.8 Å². The molecule has 0 aliphatic carbocycles. The number of methoxy groups -OCH3 is 1. The van der Waals surface area contributed by atoms with E-state index in [1.54, 1.807) is 20.1 Å². The van der Waals surface area contributed by atoms with E-state index < -0.39 is 0 Å². The first-order valence-corrected chi connectivity index (χ1v) is 6.15. The maximum absolute atomic E-state index is 12.0. The van der Waals surface area contributed by atoms with Gasteiger partial charge in [0.15, 0.2) is 0 Å². The summed E-state index contributed by atoms with van der Waals surface area (Å²) in [5, 5.41) is 11.9. The molecule has 4 heteroatoms. The van der Waals surface area contributed by atoms with Crippen LogP contribution in [0.25, 0.3) is 0 Å². The molecule has 0 aliphatic rings. The number of ether oxygens (including phenoxy) is 1. The number of carbonyl (C=O) groups is 1. The number of rotatable bonds is 6. The topological polar surface area (TPSA) is 58.6 Å². The number of hydrogen-bond donors (Lipinski definition) is 2. The third kappa shape index (κ3) is 4.37. The third-order valence-electron chi connectivity index (χ3n) is 2.68. The summed E-state index contributed by atoms with van der Waals surface area (Å²) in [6.07, 6.45) is 1.12. The minimum Gasteiger partial charge on any atom is -0.496 e. The Kier molecular flexibility index (Phi) is 5.65. The highest BCUT2D eigenvalue weighted by atomic mass is 16.5. The van der Waals surface area contributed by atoms with Gasteiger partial charge in [-0.2, -0.15) is 0 Å². The van der Waals surface area contributed by atoms with Crippen LogP contribution in [0.3, 0.4) is 0 Å². The summed E-state index contributed by atoms with van der Waals surface area (Å²) < 4.78 is 5.17. The number of amides is 1.